The molecule has 0 fully saturated rings. The van der Waals surface area contributed by atoms with Gasteiger partial charge in [0, 0.05) is 25.0 Å². The first kappa shape index (κ1) is 20.8. The van der Waals surface area contributed by atoms with E-state index in [9.17, 15) is 9.59 Å². The molecule has 0 aliphatic carbocycles. The average molecular weight is 389 g/mol. The lowest BCUT2D eigenvalue weighted by Crippen LogP contribution is -2.46. The second-order valence-corrected chi connectivity index (χ2v) is 6.64. The Hall–Kier alpha value is -2.53. The predicted molar refractivity (Wildman–Crippen MR) is 107 cm³/mol. The van der Waals surface area contributed by atoms with E-state index < -0.39 is 6.04 Å². The second kappa shape index (κ2) is 10.6. The average Bonchev–Trinajstić information content (AvgIpc) is 2.70. The topological polar surface area (TPSA) is 58.6 Å². The highest BCUT2D eigenvalue weighted by Crippen LogP contribution is 2.15. The summed E-state index contributed by atoms with van der Waals surface area (Å²) in [6.07, 6.45) is 0.882. The van der Waals surface area contributed by atoms with E-state index in [0.717, 1.165) is 11.3 Å². The SMILES string of the molecule is CNC(=O)[C@H](C)N(Cc1ccc(Cl)cc1)C(=O)CCCOc1ccccc1. The van der Waals surface area contributed by atoms with Gasteiger partial charge in [0.05, 0.1) is 6.61 Å². The molecule has 2 aromatic rings. The lowest BCUT2D eigenvalue weighted by molar-refractivity contribution is -0.140. The van der Waals surface area contributed by atoms with E-state index in [1.54, 1.807) is 31.0 Å². The third-order valence-corrected chi connectivity index (χ3v) is 4.48. The minimum absolute atomic E-state index is 0.0855. The Kier molecular flexibility index (Phi) is 8.14. The molecule has 0 unspecified atom stereocenters. The van der Waals surface area contributed by atoms with Gasteiger partial charge in [-0.3, -0.25) is 9.59 Å². The fraction of sp³-hybridized carbons (Fsp3) is 0.333. The van der Waals surface area contributed by atoms with Gasteiger partial charge in [0.15, 0.2) is 0 Å². The van der Waals surface area contributed by atoms with E-state index in [-0.39, 0.29) is 11.8 Å². The van der Waals surface area contributed by atoms with Crippen molar-refractivity contribution in [3.8, 4) is 5.75 Å². The first-order valence-electron chi connectivity index (χ1n) is 8.94. The summed E-state index contributed by atoms with van der Waals surface area (Å²) < 4.78 is 5.63. The quantitative estimate of drug-likeness (QED) is 0.667. The van der Waals surface area contributed by atoms with Crippen molar-refractivity contribution >= 4 is 23.4 Å². The molecule has 5 nitrogen and oxygen atoms in total. The van der Waals surface area contributed by atoms with Gasteiger partial charge in [-0.1, -0.05) is 41.9 Å². The highest BCUT2D eigenvalue weighted by Gasteiger charge is 2.25. The van der Waals surface area contributed by atoms with Crippen LogP contribution in [0.25, 0.3) is 0 Å². The van der Waals surface area contributed by atoms with Gasteiger partial charge in [-0.25, -0.2) is 0 Å². The largest absolute Gasteiger partial charge is 0.494 e. The summed E-state index contributed by atoms with van der Waals surface area (Å²) in [4.78, 5) is 26.4. The fourth-order valence-electron chi connectivity index (χ4n) is 2.65. The summed E-state index contributed by atoms with van der Waals surface area (Å²) in [6.45, 7) is 2.52. The van der Waals surface area contributed by atoms with Crippen LogP contribution < -0.4 is 10.1 Å². The Balaban J connectivity index is 1.95. The maximum absolute atomic E-state index is 12.8. The first-order chi connectivity index (χ1) is 13.0. The van der Waals surface area contributed by atoms with Crippen LogP contribution in [0.1, 0.15) is 25.3 Å². The Morgan fingerprint density at radius 2 is 1.78 bits per heavy atom. The summed E-state index contributed by atoms with van der Waals surface area (Å²) in [5, 5.41) is 3.24. The van der Waals surface area contributed by atoms with Crippen molar-refractivity contribution in [1.82, 2.24) is 10.2 Å². The number of carbonyl (C=O) groups excluding carboxylic acids is 2. The van der Waals surface area contributed by atoms with Gasteiger partial charge in [0.25, 0.3) is 0 Å². The van der Waals surface area contributed by atoms with Gasteiger partial charge in [0.2, 0.25) is 11.8 Å². The van der Waals surface area contributed by atoms with Crippen LogP contribution in [-0.4, -0.2) is 36.4 Å². The first-order valence-corrected chi connectivity index (χ1v) is 9.32. The van der Waals surface area contributed by atoms with Gasteiger partial charge < -0.3 is 15.0 Å². The fourth-order valence-corrected chi connectivity index (χ4v) is 2.78. The number of nitrogens with zero attached hydrogens (tertiary/aromatic N) is 1. The van der Waals surface area contributed by atoms with Crippen molar-refractivity contribution in [2.45, 2.75) is 32.4 Å². The molecule has 0 saturated carbocycles. The molecule has 144 valence electrons. The van der Waals surface area contributed by atoms with E-state index in [0.29, 0.717) is 31.0 Å². The summed E-state index contributed by atoms with van der Waals surface area (Å²) in [7, 11) is 1.57. The summed E-state index contributed by atoms with van der Waals surface area (Å²) in [6, 6.07) is 16.2. The molecular weight excluding hydrogens is 364 g/mol. The number of halogens is 1. The van der Waals surface area contributed by atoms with Crippen molar-refractivity contribution in [2.75, 3.05) is 13.7 Å². The number of amides is 2. The van der Waals surface area contributed by atoms with Crippen LogP contribution in [0.2, 0.25) is 5.02 Å². The third kappa shape index (κ3) is 6.61. The molecule has 0 spiro atoms. The van der Waals surface area contributed by atoms with Gasteiger partial charge in [0.1, 0.15) is 11.8 Å². The number of benzene rings is 2. The zero-order chi connectivity index (χ0) is 19.6. The monoisotopic (exact) mass is 388 g/mol. The molecule has 0 bridgehead atoms. The van der Waals surface area contributed by atoms with Crippen LogP contribution >= 0.6 is 11.6 Å². The summed E-state index contributed by atoms with van der Waals surface area (Å²) >= 11 is 5.92. The Morgan fingerprint density at radius 3 is 2.41 bits per heavy atom. The molecule has 0 aliphatic heterocycles. The van der Waals surface area contributed by atoms with E-state index in [4.69, 9.17) is 16.3 Å². The number of rotatable bonds is 9. The summed E-state index contributed by atoms with van der Waals surface area (Å²) in [5.74, 6) is 0.497. The minimum Gasteiger partial charge on any atom is -0.494 e. The maximum Gasteiger partial charge on any atom is 0.242 e. The normalized spacial score (nSPS) is 11.5. The van der Waals surface area contributed by atoms with Crippen molar-refractivity contribution in [3.05, 3.63) is 65.2 Å². The Morgan fingerprint density at radius 1 is 1.11 bits per heavy atom. The van der Waals surface area contributed by atoms with Crippen molar-refractivity contribution in [2.24, 2.45) is 0 Å². The molecule has 1 N–H and O–H groups in total. The van der Waals surface area contributed by atoms with Gasteiger partial charge in [-0.05, 0) is 43.2 Å². The third-order valence-electron chi connectivity index (χ3n) is 4.23. The number of ether oxygens (including phenoxy) is 1. The molecule has 0 saturated heterocycles. The van der Waals surface area contributed by atoms with Crippen LogP contribution in [-0.2, 0) is 16.1 Å². The molecular formula is C21H25ClN2O3. The summed E-state index contributed by atoms with van der Waals surface area (Å²) in [5.41, 5.74) is 0.920. The Bertz CT molecular complexity index is 735. The van der Waals surface area contributed by atoms with E-state index in [1.165, 1.54) is 0 Å². The Labute approximate surface area is 165 Å². The predicted octanol–water partition coefficient (Wildman–Crippen LogP) is 3.66. The number of carbonyl (C=O) groups is 2. The zero-order valence-electron chi connectivity index (χ0n) is 15.7. The highest BCUT2D eigenvalue weighted by molar-refractivity contribution is 6.30. The van der Waals surface area contributed by atoms with Crippen molar-refractivity contribution in [1.29, 1.82) is 0 Å². The van der Waals surface area contributed by atoms with Crippen molar-refractivity contribution in [3.63, 3.8) is 0 Å². The highest BCUT2D eigenvalue weighted by atomic mass is 35.5. The van der Waals surface area contributed by atoms with Crippen LogP contribution in [0.3, 0.4) is 0 Å². The molecule has 6 heteroatoms. The number of likely N-dealkylation sites (N-methyl/N-ethyl adjacent to an activating group) is 1. The smallest absolute Gasteiger partial charge is 0.242 e. The molecule has 1 atom stereocenters. The minimum atomic E-state index is -0.562. The lowest BCUT2D eigenvalue weighted by Gasteiger charge is -2.28. The molecule has 2 rings (SSSR count). The van der Waals surface area contributed by atoms with Crippen LogP contribution in [0, 0.1) is 0 Å². The van der Waals surface area contributed by atoms with Crippen molar-refractivity contribution < 1.29 is 14.3 Å². The molecule has 0 aliphatic rings. The van der Waals surface area contributed by atoms with Gasteiger partial charge in [-0.2, -0.15) is 0 Å². The number of hydrogen-bond donors (Lipinski definition) is 1. The molecule has 0 heterocycles. The van der Waals surface area contributed by atoms with E-state index in [2.05, 4.69) is 5.32 Å². The van der Waals surface area contributed by atoms with E-state index in [1.807, 2.05) is 42.5 Å². The van der Waals surface area contributed by atoms with Crippen LogP contribution in [0.5, 0.6) is 5.75 Å². The van der Waals surface area contributed by atoms with Gasteiger partial charge >= 0.3 is 0 Å². The standard InChI is InChI=1S/C21H25ClN2O3/c1-16(21(26)23-2)24(15-17-10-12-18(22)13-11-17)20(25)9-6-14-27-19-7-4-3-5-8-19/h3-5,7-8,10-13,16H,6,9,14-15H2,1-2H3,(H,23,26)/t16-/m0/s1. The molecule has 0 aromatic heterocycles. The molecule has 2 amide bonds. The molecule has 2 aromatic carbocycles. The maximum atomic E-state index is 12.8. The van der Waals surface area contributed by atoms with Crippen LogP contribution in [0.4, 0.5) is 0 Å². The zero-order valence-corrected chi connectivity index (χ0v) is 16.4. The molecule has 0 radical (unpaired) electrons. The van der Waals surface area contributed by atoms with Gasteiger partial charge in [-0.15, -0.1) is 0 Å². The van der Waals surface area contributed by atoms with E-state index >= 15 is 0 Å². The molecule has 27 heavy (non-hydrogen) atoms. The van der Waals surface area contributed by atoms with Crippen LogP contribution in [0.15, 0.2) is 54.6 Å². The number of hydrogen-bond acceptors (Lipinski definition) is 3. The number of para-hydroxylation sites is 1. The lowest BCUT2D eigenvalue weighted by atomic mass is 10.1. The number of nitrogens with one attached hydrogen (secondary N) is 1. The second-order valence-electron chi connectivity index (χ2n) is 6.20.